The number of carbonyl (C=O) groups is 2. The van der Waals surface area contributed by atoms with Crippen molar-refractivity contribution in [3.05, 3.63) is 88.1 Å². The van der Waals surface area contributed by atoms with Gasteiger partial charge < -0.3 is 19.5 Å². The summed E-state index contributed by atoms with van der Waals surface area (Å²) in [6.45, 7) is 4.64. The minimum absolute atomic E-state index is 0.131. The highest BCUT2D eigenvalue weighted by Gasteiger charge is 2.71. The SMILES string of the molecule is C=C(C(=O)N1CC2[C@@]3(c4ccc(OC)cc4)CC[C@@H](c4ccsc43)[C@@]2(C(=O)O)C1)c1ccccc1OC. The molecular formula is C30H29NO5S. The first-order chi connectivity index (χ1) is 17.9. The Hall–Kier alpha value is -3.58. The molecule has 1 saturated carbocycles. The van der Waals surface area contributed by atoms with Crippen LogP contribution in [0.4, 0.5) is 0 Å². The van der Waals surface area contributed by atoms with E-state index >= 15 is 0 Å². The van der Waals surface area contributed by atoms with Gasteiger partial charge in [-0.05, 0) is 53.6 Å². The molecule has 4 atom stereocenters. The van der Waals surface area contributed by atoms with Gasteiger partial charge in [-0.1, -0.05) is 36.9 Å². The molecule has 3 aromatic rings. The van der Waals surface area contributed by atoms with Crippen LogP contribution < -0.4 is 9.47 Å². The smallest absolute Gasteiger partial charge is 0.312 e. The summed E-state index contributed by atoms with van der Waals surface area (Å²) in [5.74, 6) is -0.125. The van der Waals surface area contributed by atoms with E-state index in [9.17, 15) is 14.7 Å². The number of hydrogen-bond acceptors (Lipinski definition) is 5. The lowest BCUT2D eigenvalue weighted by Gasteiger charge is -2.58. The minimum atomic E-state index is -1.07. The number of fused-ring (bicyclic) bond motifs is 1. The van der Waals surface area contributed by atoms with Crippen LogP contribution in [-0.2, 0) is 15.0 Å². The molecular weight excluding hydrogens is 486 g/mol. The number of para-hydroxylation sites is 1. The highest BCUT2D eigenvalue weighted by Crippen LogP contribution is 2.70. The Balaban J connectivity index is 1.47. The summed E-state index contributed by atoms with van der Waals surface area (Å²) in [4.78, 5) is 30.1. The highest BCUT2D eigenvalue weighted by molar-refractivity contribution is 7.10. The van der Waals surface area contributed by atoms with Crippen LogP contribution in [0.1, 0.15) is 40.3 Å². The van der Waals surface area contributed by atoms with Crippen molar-refractivity contribution >= 4 is 28.8 Å². The number of likely N-dealkylation sites (tertiary alicyclic amines) is 1. The molecule has 1 saturated heterocycles. The summed E-state index contributed by atoms with van der Waals surface area (Å²) in [6, 6.07) is 17.4. The molecule has 1 aliphatic heterocycles. The number of ether oxygens (including phenoxy) is 2. The fourth-order valence-electron chi connectivity index (χ4n) is 7.37. The number of carboxylic acid groups (broad SMARTS) is 1. The number of methoxy groups -OCH3 is 2. The van der Waals surface area contributed by atoms with E-state index < -0.39 is 16.8 Å². The fourth-order valence-corrected chi connectivity index (χ4v) is 8.64. The first-order valence-electron chi connectivity index (χ1n) is 12.5. The molecule has 190 valence electrons. The van der Waals surface area contributed by atoms with Crippen LogP contribution in [0.15, 0.2) is 66.6 Å². The summed E-state index contributed by atoms with van der Waals surface area (Å²) in [5.41, 5.74) is 1.61. The van der Waals surface area contributed by atoms with Crippen molar-refractivity contribution in [2.24, 2.45) is 11.3 Å². The van der Waals surface area contributed by atoms with E-state index in [0.29, 0.717) is 23.4 Å². The lowest BCUT2D eigenvalue weighted by Crippen LogP contribution is -2.59. The lowest BCUT2D eigenvalue weighted by atomic mass is 9.44. The first-order valence-corrected chi connectivity index (χ1v) is 13.3. The van der Waals surface area contributed by atoms with Gasteiger partial charge >= 0.3 is 5.97 Å². The second kappa shape index (κ2) is 8.48. The zero-order chi connectivity index (χ0) is 25.9. The number of rotatable bonds is 6. The Morgan fingerprint density at radius 3 is 2.54 bits per heavy atom. The first kappa shape index (κ1) is 23.8. The number of hydrogen-bond donors (Lipinski definition) is 1. The van der Waals surface area contributed by atoms with E-state index in [1.165, 1.54) is 4.88 Å². The van der Waals surface area contributed by atoms with Crippen molar-refractivity contribution in [3.63, 3.8) is 0 Å². The normalized spacial score (nSPS) is 27.4. The number of carboxylic acids is 1. The molecule has 2 fully saturated rings. The number of thiophene rings is 1. The Kier molecular flexibility index (Phi) is 5.46. The van der Waals surface area contributed by atoms with Crippen LogP contribution >= 0.6 is 11.3 Å². The number of aliphatic carboxylic acids is 1. The predicted octanol–water partition coefficient (Wildman–Crippen LogP) is 5.19. The third-order valence-electron chi connectivity index (χ3n) is 8.98. The molecule has 7 heteroatoms. The summed E-state index contributed by atoms with van der Waals surface area (Å²) in [6.07, 6.45) is 1.63. The van der Waals surface area contributed by atoms with Crippen LogP contribution in [0.5, 0.6) is 11.5 Å². The minimum Gasteiger partial charge on any atom is -0.497 e. The Bertz CT molecular complexity index is 1410. The van der Waals surface area contributed by atoms with Gasteiger partial charge in [-0.15, -0.1) is 11.3 Å². The summed E-state index contributed by atoms with van der Waals surface area (Å²) >= 11 is 1.71. The van der Waals surface area contributed by atoms with Gasteiger partial charge in [0.05, 0.1) is 19.6 Å². The molecule has 2 heterocycles. The molecule has 1 amide bonds. The summed E-state index contributed by atoms with van der Waals surface area (Å²) in [7, 11) is 3.20. The van der Waals surface area contributed by atoms with Gasteiger partial charge in [0.15, 0.2) is 0 Å². The van der Waals surface area contributed by atoms with Gasteiger partial charge in [0.25, 0.3) is 5.91 Å². The number of amides is 1. The number of carbonyl (C=O) groups excluding carboxylic acids is 1. The number of nitrogens with zero attached hydrogens (tertiary/aromatic N) is 1. The van der Waals surface area contributed by atoms with E-state index in [1.54, 1.807) is 36.5 Å². The van der Waals surface area contributed by atoms with Crippen LogP contribution in [0.2, 0.25) is 0 Å². The second-order valence-electron chi connectivity index (χ2n) is 10.3. The second-order valence-corrected chi connectivity index (χ2v) is 11.2. The van der Waals surface area contributed by atoms with E-state index in [2.05, 4.69) is 30.2 Å². The standard InChI is InChI=1S/C30H29NO5S/c1-18(21-6-4-5-7-24(21)36-3)27(32)31-16-25-29(19-8-10-20(35-2)11-9-19)14-12-23(22-13-15-37-26(22)29)30(25,17-31)28(33)34/h4-11,13,15,23,25H,1,12,14,16-17H2,2-3H3,(H,33,34)/t23-,25?,29-,30-/m0/s1. The molecule has 6 nitrogen and oxygen atoms in total. The predicted molar refractivity (Wildman–Crippen MR) is 142 cm³/mol. The molecule has 0 radical (unpaired) electrons. The van der Waals surface area contributed by atoms with Crippen molar-refractivity contribution in [2.75, 3.05) is 27.3 Å². The summed E-state index contributed by atoms with van der Waals surface area (Å²) in [5, 5.41) is 13.0. The molecule has 37 heavy (non-hydrogen) atoms. The van der Waals surface area contributed by atoms with Crippen molar-refractivity contribution in [1.82, 2.24) is 4.90 Å². The van der Waals surface area contributed by atoms with Gasteiger partial charge in [-0.2, -0.15) is 0 Å². The van der Waals surface area contributed by atoms with Crippen molar-refractivity contribution < 1.29 is 24.2 Å². The molecule has 7 rings (SSSR count). The van der Waals surface area contributed by atoms with Gasteiger partial charge in [0, 0.05) is 46.4 Å². The maximum absolute atomic E-state index is 13.9. The van der Waals surface area contributed by atoms with Crippen LogP contribution in [0.25, 0.3) is 5.57 Å². The zero-order valence-electron chi connectivity index (χ0n) is 20.9. The third-order valence-corrected chi connectivity index (χ3v) is 10.1. The van der Waals surface area contributed by atoms with E-state index in [-0.39, 0.29) is 24.3 Å². The number of benzene rings is 2. The van der Waals surface area contributed by atoms with Crippen LogP contribution in [0, 0.1) is 11.3 Å². The van der Waals surface area contributed by atoms with Crippen molar-refractivity contribution in [2.45, 2.75) is 24.2 Å². The highest BCUT2D eigenvalue weighted by atomic mass is 32.1. The van der Waals surface area contributed by atoms with Crippen LogP contribution in [-0.4, -0.2) is 49.2 Å². The van der Waals surface area contributed by atoms with Crippen molar-refractivity contribution in [3.8, 4) is 11.5 Å². The quantitative estimate of drug-likeness (QED) is 0.458. The maximum Gasteiger partial charge on any atom is 0.312 e. The van der Waals surface area contributed by atoms with Gasteiger partial charge in [-0.25, -0.2) is 0 Å². The van der Waals surface area contributed by atoms with Gasteiger partial charge in [-0.3, -0.25) is 9.59 Å². The van der Waals surface area contributed by atoms with Gasteiger partial charge in [0.2, 0.25) is 0 Å². The molecule has 1 N–H and O–H groups in total. The largest absolute Gasteiger partial charge is 0.497 e. The molecule has 2 aromatic carbocycles. The Morgan fingerprint density at radius 2 is 1.84 bits per heavy atom. The molecule has 0 spiro atoms. The fraction of sp³-hybridized carbons (Fsp3) is 0.333. The Labute approximate surface area is 220 Å². The molecule has 3 aliphatic carbocycles. The van der Waals surface area contributed by atoms with E-state index in [4.69, 9.17) is 9.47 Å². The van der Waals surface area contributed by atoms with E-state index in [0.717, 1.165) is 29.7 Å². The van der Waals surface area contributed by atoms with Crippen LogP contribution in [0.3, 0.4) is 0 Å². The average molecular weight is 516 g/mol. The third kappa shape index (κ3) is 3.10. The lowest BCUT2D eigenvalue weighted by molar-refractivity contribution is -0.157. The average Bonchev–Trinajstić information content (AvgIpc) is 3.60. The van der Waals surface area contributed by atoms with E-state index in [1.807, 2.05) is 30.3 Å². The maximum atomic E-state index is 13.9. The molecule has 1 unspecified atom stereocenters. The monoisotopic (exact) mass is 515 g/mol. The molecule has 2 bridgehead atoms. The Morgan fingerprint density at radius 1 is 1.08 bits per heavy atom. The topological polar surface area (TPSA) is 76.1 Å². The van der Waals surface area contributed by atoms with Gasteiger partial charge in [0.1, 0.15) is 11.5 Å². The zero-order valence-corrected chi connectivity index (χ0v) is 21.7. The summed E-state index contributed by atoms with van der Waals surface area (Å²) < 4.78 is 10.9. The molecule has 1 aromatic heterocycles. The van der Waals surface area contributed by atoms with Crippen molar-refractivity contribution in [1.29, 1.82) is 0 Å². The molecule has 4 aliphatic rings.